The summed E-state index contributed by atoms with van der Waals surface area (Å²) >= 11 is 0. The summed E-state index contributed by atoms with van der Waals surface area (Å²) in [7, 11) is 0. The van der Waals surface area contributed by atoms with Crippen LogP contribution in [0.1, 0.15) is 6.92 Å². The molecule has 0 aliphatic rings. The van der Waals surface area contributed by atoms with Crippen molar-refractivity contribution in [2.45, 2.75) is 108 Å². The van der Waals surface area contributed by atoms with E-state index in [1.54, 1.807) is 0 Å². The van der Waals surface area contributed by atoms with Crippen molar-refractivity contribution in [3.63, 3.8) is 0 Å². The van der Waals surface area contributed by atoms with E-state index in [4.69, 9.17) is 0 Å². The van der Waals surface area contributed by atoms with E-state index in [0.717, 1.165) is 0 Å². The summed E-state index contributed by atoms with van der Waals surface area (Å²) in [5.41, 5.74) is -4.51. The van der Waals surface area contributed by atoms with Gasteiger partial charge in [-0.05, 0) is 6.92 Å². The third-order valence-electron chi connectivity index (χ3n) is 6.75. The predicted octanol–water partition coefficient (Wildman–Crippen LogP) is 10.7. The van der Waals surface area contributed by atoms with Gasteiger partial charge in [0, 0.05) is 0 Å². The predicted molar refractivity (Wildman–Crippen MR) is 94.0 cm³/mol. The SMILES string of the molecule is CC(N)(C(F)(F)C(F)(F)C(F)(F)C(F)(F)C(F)(F)C(F)(F)C(F)(F)C(F)(F)F)C(F)(F)C(F)(F)C(F)(F)C(F)(F)C(F)(F)C(F)(F)C(F)(F)C(F)(F)F. The molecule has 0 aromatic rings. The lowest BCUT2D eigenvalue weighted by Gasteiger charge is -2.50. The van der Waals surface area contributed by atoms with Crippen LogP contribution in [0.2, 0.25) is 0 Å². The Morgan fingerprint density at radius 2 is 0.283 bits per heavy atom. The van der Waals surface area contributed by atoms with Crippen LogP contribution < -0.4 is 5.73 Å². The molecule has 320 valence electrons. The maximum absolute atomic E-state index is 14.3. The molecular formula is C18H5F34N. The molecule has 0 radical (unpaired) electrons. The third kappa shape index (κ3) is 5.60. The van der Waals surface area contributed by atoms with Crippen LogP contribution in [0.3, 0.4) is 0 Å². The minimum Gasteiger partial charge on any atom is -0.315 e. The molecule has 0 aliphatic heterocycles. The van der Waals surface area contributed by atoms with E-state index in [1.165, 1.54) is 0 Å². The smallest absolute Gasteiger partial charge is 0.315 e. The second kappa shape index (κ2) is 11.8. The van der Waals surface area contributed by atoms with Gasteiger partial charge in [0.1, 0.15) is 0 Å². The van der Waals surface area contributed by atoms with Gasteiger partial charge >= 0.3 is 95.3 Å². The minimum atomic E-state index is -9.77. The third-order valence-corrected chi connectivity index (χ3v) is 6.75. The molecule has 0 aromatic heterocycles. The first-order chi connectivity index (χ1) is 22.0. The maximum atomic E-state index is 14.3. The molecule has 0 atom stereocenters. The number of alkyl halides is 34. The van der Waals surface area contributed by atoms with E-state index in [2.05, 4.69) is 5.73 Å². The van der Waals surface area contributed by atoms with Gasteiger partial charge in [-0.1, -0.05) is 0 Å². The van der Waals surface area contributed by atoms with Gasteiger partial charge in [0.15, 0.2) is 5.54 Å². The van der Waals surface area contributed by atoms with Crippen molar-refractivity contribution in [3.8, 4) is 0 Å². The lowest BCUT2D eigenvalue weighted by atomic mass is 9.75. The fraction of sp³-hybridized carbons (Fsp3) is 1.00. The van der Waals surface area contributed by atoms with Crippen LogP contribution in [-0.4, -0.2) is 101 Å². The van der Waals surface area contributed by atoms with Crippen molar-refractivity contribution >= 4 is 0 Å². The Labute approximate surface area is 264 Å². The Hall–Kier alpha value is -2.42. The van der Waals surface area contributed by atoms with Crippen LogP contribution in [0, 0.1) is 0 Å². The fourth-order valence-electron chi connectivity index (χ4n) is 3.18. The topological polar surface area (TPSA) is 26.0 Å². The van der Waals surface area contributed by atoms with E-state index in [1.807, 2.05) is 0 Å². The standard InChI is InChI=1S/C18H5F34N/c1-2(53,3(19,20)5(23,24)7(27,28)9(31,32)11(35,36)13(39,40)15(43,44)17(47,48)49)4(21,22)6(25,26)8(29,30)10(33,34)12(37,38)14(41,42)16(45,46)18(50,51)52/h53H2,1H3. The number of rotatable bonds is 14. The lowest BCUT2D eigenvalue weighted by Crippen LogP contribution is -2.83. The Morgan fingerprint density at radius 1 is 0.189 bits per heavy atom. The van der Waals surface area contributed by atoms with Crippen molar-refractivity contribution in [2.75, 3.05) is 0 Å². The van der Waals surface area contributed by atoms with Crippen LogP contribution >= 0.6 is 0 Å². The Kier molecular flexibility index (Phi) is 11.3. The van der Waals surface area contributed by atoms with E-state index >= 15 is 0 Å². The first-order valence-corrected chi connectivity index (χ1v) is 11.2. The largest absolute Gasteiger partial charge is 0.460 e. The second-order valence-corrected chi connectivity index (χ2v) is 10.2. The highest BCUT2D eigenvalue weighted by Crippen LogP contribution is 2.69. The summed E-state index contributed by atoms with van der Waals surface area (Å²) in [5.74, 6) is -132. The van der Waals surface area contributed by atoms with Crippen molar-refractivity contribution in [1.29, 1.82) is 0 Å². The first-order valence-electron chi connectivity index (χ1n) is 11.2. The molecule has 0 amide bonds. The van der Waals surface area contributed by atoms with Crippen molar-refractivity contribution in [2.24, 2.45) is 5.73 Å². The van der Waals surface area contributed by atoms with Gasteiger partial charge in [-0.15, -0.1) is 0 Å². The van der Waals surface area contributed by atoms with Crippen molar-refractivity contribution < 1.29 is 149 Å². The first kappa shape index (κ1) is 50.6. The number of hydrogen-bond donors (Lipinski definition) is 1. The zero-order chi connectivity index (χ0) is 44.5. The van der Waals surface area contributed by atoms with E-state index in [-0.39, 0.29) is 0 Å². The van der Waals surface area contributed by atoms with E-state index in [9.17, 15) is 149 Å². The normalized spacial score (nSPS) is 17.4. The van der Waals surface area contributed by atoms with Gasteiger partial charge < -0.3 is 5.73 Å². The van der Waals surface area contributed by atoms with Crippen molar-refractivity contribution in [3.05, 3.63) is 0 Å². The zero-order valence-electron chi connectivity index (χ0n) is 22.9. The fourth-order valence-corrected chi connectivity index (χ4v) is 3.18. The number of halogens is 34. The summed E-state index contributed by atoms with van der Waals surface area (Å²) in [5, 5.41) is 0. The maximum Gasteiger partial charge on any atom is 0.460 e. The van der Waals surface area contributed by atoms with Crippen LogP contribution in [0.15, 0.2) is 0 Å². The van der Waals surface area contributed by atoms with Crippen LogP contribution in [0.4, 0.5) is 149 Å². The molecular weight excluding hydrogens is 876 g/mol. The van der Waals surface area contributed by atoms with Gasteiger partial charge in [-0.25, -0.2) is 0 Å². The summed E-state index contributed by atoms with van der Waals surface area (Å²) < 4.78 is 455. The average Bonchev–Trinajstić information content (AvgIpc) is 2.89. The van der Waals surface area contributed by atoms with Gasteiger partial charge in [0.05, 0.1) is 0 Å². The molecule has 0 saturated carbocycles. The highest BCUT2D eigenvalue weighted by molar-refractivity contribution is 5.24. The molecule has 0 unspecified atom stereocenters. The van der Waals surface area contributed by atoms with E-state index < -0.39 is 108 Å². The van der Waals surface area contributed by atoms with Gasteiger partial charge in [-0.3, -0.25) is 0 Å². The van der Waals surface area contributed by atoms with E-state index in [0.29, 0.717) is 0 Å². The number of hydrogen-bond acceptors (Lipinski definition) is 1. The monoisotopic (exact) mass is 881 g/mol. The molecule has 0 fully saturated rings. The molecule has 0 saturated heterocycles. The quantitative estimate of drug-likeness (QED) is 0.173. The van der Waals surface area contributed by atoms with Crippen LogP contribution in [0.25, 0.3) is 0 Å². The van der Waals surface area contributed by atoms with Gasteiger partial charge in [-0.2, -0.15) is 149 Å². The van der Waals surface area contributed by atoms with Crippen LogP contribution in [-0.2, 0) is 0 Å². The molecule has 0 spiro atoms. The molecule has 0 bridgehead atoms. The summed E-state index contributed by atoms with van der Waals surface area (Å²) in [6, 6.07) is 0. The number of nitrogens with two attached hydrogens (primary N) is 1. The summed E-state index contributed by atoms with van der Waals surface area (Å²) in [6.45, 7) is -2.41. The average molecular weight is 881 g/mol. The summed E-state index contributed by atoms with van der Waals surface area (Å²) in [6.07, 6.45) is -16.7. The molecule has 35 heteroatoms. The molecule has 0 rings (SSSR count). The Balaban J connectivity index is 7.78. The zero-order valence-corrected chi connectivity index (χ0v) is 22.9. The van der Waals surface area contributed by atoms with Crippen LogP contribution in [0.5, 0.6) is 0 Å². The van der Waals surface area contributed by atoms with Crippen molar-refractivity contribution in [1.82, 2.24) is 0 Å². The highest BCUT2D eigenvalue weighted by Gasteiger charge is 3.00. The Morgan fingerprint density at radius 3 is 0.396 bits per heavy atom. The Bertz CT molecular complexity index is 1240. The van der Waals surface area contributed by atoms with Gasteiger partial charge in [0.25, 0.3) is 0 Å². The highest BCUT2D eigenvalue weighted by atomic mass is 19.4. The lowest BCUT2D eigenvalue weighted by molar-refractivity contribution is -0.475. The molecule has 53 heavy (non-hydrogen) atoms. The minimum absolute atomic E-state index is 2.41. The molecule has 1 nitrogen and oxygen atoms in total. The van der Waals surface area contributed by atoms with Gasteiger partial charge in [0.2, 0.25) is 0 Å². The molecule has 2 N–H and O–H groups in total. The summed E-state index contributed by atoms with van der Waals surface area (Å²) in [4.78, 5) is 0. The second-order valence-electron chi connectivity index (χ2n) is 10.2. The molecule has 0 heterocycles. The molecule has 0 aliphatic carbocycles. The molecule has 0 aromatic carbocycles.